The van der Waals surface area contributed by atoms with Gasteiger partial charge < -0.3 is 5.11 Å². The lowest BCUT2D eigenvalue weighted by molar-refractivity contribution is -0.129. The van der Waals surface area contributed by atoms with E-state index in [-0.39, 0.29) is 0 Å². The van der Waals surface area contributed by atoms with Crippen molar-refractivity contribution in [3.8, 4) is 0 Å². The second kappa shape index (κ2) is 8.26. The zero-order valence-electron chi connectivity index (χ0n) is 11.7. The van der Waals surface area contributed by atoms with Crippen LogP contribution in [-0.4, -0.2) is 17.2 Å². The first-order valence-corrected chi connectivity index (χ1v) is 7.44. The fraction of sp³-hybridized carbons (Fsp3) is 0.0588. The third kappa shape index (κ3) is 4.95. The molecule has 0 bridgehead atoms. The maximum atomic E-state index is 11.7. The molecule has 112 valence electrons. The van der Waals surface area contributed by atoms with Crippen LogP contribution in [0, 0.1) is 0 Å². The Morgan fingerprint density at radius 2 is 1.82 bits per heavy atom. The van der Waals surface area contributed by atoms with Crippen LogP contribution in [0.4, 0.5) is 0 Å². The molecule has 1 unspecified atom stereocenters. The Kier molecular flexibility index (Phi) is 6.06. The lowest BCUT2D eigenvalue weighted by Gasteiger charge is -2.08. The number of hydrogen-bond donors (Lipinski definition) is 2. The molecule has 0 aliphatic carbocycles. The predicted molar refractivity (Wildman–Crippen MR) is 91.2 cm³/mol. The number of aliphatic hydroxyl groups excluding tert-OH is 1. The van der Waals surface area contributed by atoms with Gasteiger partial charge in [-0.25, -0.2) is 5.43 Å². The van der Waals surface area contributed by atoms with Crippen LogP contribution in [0.1, 0.15) is 17.2 Å². The molecule has 0 heterocycles. The van der Waals surface area contributed by atoms with Crippen molar-refractivity contribution in [3.05, 3.63) is 76.3 Å². The normalized spacial score (nSPS) is 12.6. The summed E-state index contributed by atoms with van der Waals surface area (Å²) in [6.45, 7) is 0. The molecule has 0 fully saturated rings. The summed E-state index contributed by atoms with van der Waals surface area (Å²) in [7, 11) is 0. The van der Waals surface area contributed by atoms with Gasteiger partial charge in [0.15, 0.2) is 6.10 Å². The number of hydrazone groups is 1. The molecular weight excluding hydrogens is 344 g/mol. The van der Waals surface area contributed by atoms with E-state index in [4.69, 9.17) is 0 Å². The van der Waals surface area contributed by atoms with Gasteiger partial charge in [-0.1, -0.05) is 64.5 Å². The number of benzene rings is 2. The van der Waals surface area contributed by atoms with E-state index in [1.54, 1.807) is 30.3 Å². The smallest absolute Gasteiger partial charge is 0.273 e. The molecule has 0 aliphatic rings. The molecule has 0 aromatic heterocycles. The first-order valence-electron chi connectivity index (χ1n) is 6.65. The van der Waals surface area contributed by atoms with E-state index in [1.807, 2.05) is 36.4 Å². The Labute approximate surface area is 137 Å². The van der Waals surface area contributed by atoms with E-state index >= 15 is 0 Å². The SMILES string of the molecule is O=C(NN=CC=Cc1ccc(Br)cc1)C(O)c1ccccc1. The number of halogens is 1. The highest BCUT2D eigenvalue weighted by molar-refractivity contribution is 9.10. The Balaban J connectivity index is 1.84. The largest absolute Gasteiger partial charge is 0.378 e. The average Bonchev–Trinajstić information content (AvgIpc) is 2.56. The first kappa shape index (κ1) is 16.1. The Morgan fingerprint density at radius 1 is 1.14 bits per heavy atom. The number of nitrogens with zero attached hydrogens (tertiary/aromatic N) is 1. The van der Waals surface area contributed by atoms with Crippen molar-refractivity contribution in [1.29, 1.82) is 0 Å². The molecule has 0 spiro atoms. The molecule has 2 aromatic carbocycles. The van der Waals surface area contributed by atoms with Gasteiger partial charge in [-0.15, -0.1) is 0 Å². The van der Waals surface area contributed by atoms with E-state index in [1.165, 1.54) is 6.21 Å². The highest BCUT2D eigenvalue weighted by Crippen LogP contribution is 2.12. The van der Waals surface area contributed by atoms with Gasteiger partial charge in [0, 0.05) is 10.7 Å². The second-order valence-electron chi connectivity index (χ2n) is 4.48. The van der Waals surface area contributed by atoms with Gasteiger partial charge in [-0.05, 0) is 29.3 Å². The Morgan fingerprint density at radius 3 is 2.50 bits per heavy atom. The van der Waals surface area contributed by atoms with E-state index < -0.39 is 12.0 Å². The minimum Gasteiger partial charge on any atom is -0.378 e. The molecule has 2 aromatic rings. The summed E-state index contributed by atoms with van der Waals surface area (Å²) in [6.07, 6.45) is 3.79. The molecule has 0 saturated carbocycles. The van der Waals surface area contributed by atoms with Crippen molar-refractivity contribution >= 4 is 34.1 Å². The van der Waals surface area contributed by atoms with E-state index in [9.17, 15) is 9.90 Å². The number of allylic oxidation sites excluding steroid dienone is 1. The zero-order valence-corrected chi connectivity index (χ0v) is 13.3. The van der Waals surface area contributed by atoms with E-state index in [0.717, 1.165) is 10.0 Å². The quantitative estimate of drug-likeness (QED) is 0.636. The number of nitrogens with one attached hydrogen (secondary N) is 1. The summed E-state index contributed by atoms with van der Waals surface area (Å²) in [5.41, 5.74) is 3.85. The van der Waals surface area contributed by atoms with Gasteiger partial charge >= 0.3 is 0 Å². The summed E-state index contributed by atoms with van der Waals surface area (Å²) in [6, 6.07) is 16.5. The van der Waals surface area contributed by atoms with Crippen LogP contribution in [-0.2, 0) is 4.79 Å². The van der Waals surface area contributed by atoms with Crippen LogP contribution in [0.25, 0.3) is 6.08 Å². The minimum atomic E-state index is -1.23. The van der Waals surface area contributed by atoms with Crippen LogP contribution in [0.15, 0.2) is 70.2 Å². The van der Waals surface area contributed by atoms with Gasteiger partial charge in [0.25, 0.3) is 5.91 Å². The molecule has 0 saturated heterocycles. The van der Waals surface area contributed by atoms with Gasteiger partial charge in [0.1, 0.15) is 0 Å². The lowest BCUT2D eigenvalue weighted by atomic mass is 10.1. The third-order valence-electron chi connectivity index (χ3n) is 2.86. The molecule has 4 nitrogen and oxygen atoms in total. The first-order chi connectivity index (χ1) is 10.7. The molecule has 2 rings (SSSR count). The summed E-state index contributed by atoms with van der Waals surface area (Å²) in [5.74, 6) is -0.570. The number of carbonyl (C=O) groups excluding carboxylic acids is 1. The van der Waals surface area contributed by atoms with Crippen LogP contribution in [0.3, 0.4) is 0 Å². The molecule has 0 radical (unpaired) electrons. The van der Waals surface area contributed by atoms with Crippen molar-refractivity contribution in [1.82, 2.24) is 5.43 Å². The number of amides is 1. The van der Waals surface area contributed by atoms with Gasteiger partial charge in [0.05, 0.1) is 0 Å². The van der Waals surface area contributed by atoms with Crippen LogP contribution in [0.2, 0.25) is 0 Å². The summed E-state index contributed by atoms with van der Waals surface area (Å²) in [4.78, 5) is 11.7. The number of aliphatic hydroxyl groups is 1. The maximum absolute atomic E-state index is 11.7. The molecule has 22 heavy (non-hydrogen) atoms. The summed E-state index contributed by atoms with van der Waals surface area (Å²) < 4.78 is 1.01. The fourth-order valence-corrected chi connectivity index (χ4v) is 1.98. The van der Waals surface area contributed by atoms with E-state index in [0.29, 0.717) is 5.56 Å². The zero-order chi connectivity index (χ0) is 15.8. The fourth-order valence-electron chi connectivity index (χ4n) is 1.72. The molecule has 1 atom stereocenters. The predicted octanol–water partition coefficient (Wildman–Crippen LogP) is 3.30. The Bertz CT molecular complexity index is 667. The van der Waals surface area contributed by atoms with Gasteiger partial charge in [0.2, 0.25) is 0 Å². The number of rotatable bonds is 5. The van der Waals surface area contributed by atoms with Crippen LogP contribution in [0.5, 0.6) is 0 Å². The highest BCUT2D eigenvalue weighted by atomic mass is 79.9. The standard InChI is InChI=1S/C17H15BrN2O2/c18-15-10-8-13(9-11-15)5-4-12-19-20-17(22)16(21)14-6-2-1-3-7-14/h1-12,16,21H,(H,20,22). The Hall–Kier alpha value is -2.24. The maximum Gasteiger partial charge on any atom is 0.273 e. The van der Waals surface area contributed by atoms with Crippen molar-refractivity contribution in [2.45, 2.75) is 6.10 Å². The van der Waals surface area contributed by atoms with E-state index in [2.05, 4.69) is 26.5 Å². The van der Waals surface area contributed by atoms with Crippen molar-refractivity contribution in [3.63, 3.8) is 0 Å². The molecule has 5 heteroatoms. The van der Waals surface area contributed by atoms with Gasteiger partial charge in [-0.3, -0.25) is 4.79 Å². The minimum absolute atomic E-state index is 0.528. The monoisotopic (exact) mass is 358 g/mol. The van der Waals surface area contributed by atoms with Gasteiger partial charge in [-0.2, -0.15) is 5.10 Å². The van der Waals surface area contributed by atoms with Crippen LogP contribution < -0.4 is 5.43 Å². The van der Waals surface area contributed by atoms with Crippen LogP contribution >= 0.6 is 15.9 Å². The third-order valence-corrected chi connectivity index (χ3v) is 3.39. The lowest BCUT2D eigenvalue weighted by Crippen LogP contribution is -2.24. The molecule has 1 amide bonds. The second-order valence-corrected chi connectivity index (χ2v) is 5.39. The molecular formula is C17H15BrN2O2. The van der Waals surface area contributed by atoms with Crippen molar-refractivity contribution in [2.24, 2.45) is 5.10 Å². The number of carbonyl (C=O) groups is 1. The number of hydrogen-bond acceptors (Lipinski definition) is 3. The summed E-state index contributed by atoms with van der Waals surface area (Å²) >= 11 is 3.37. The molecule has 0 aliphatic heterocycles. The average molecular weight is 359 g/mol. The summed E-state index contributed by atoms with van der Waals surface area (Å²) in [5, 5.41) is 13.6. The topological polar surface area (TPSA) is 61.7 Å². The molecule has 2 N–H and O–H groups in total. The van der Waals surface area contributed by atoms with Crippen molar-refractivity contribution < 1.29 is 9.90 Å². The highest BCUT2D eigenvalue weighted by Gasteiger charge is 2.15. The van der Waals surface area contributed by atoms with Crippen molar-refractivity contribution in [2.75, 3.05) is 0 Å².